The molecule has 12 heteroatoms. The highest BCUT2D eigenvalue weighted by Gasteiger charge is 2.15. The zero-order valence-corrected chi connectivity index (χ0v) is 16.9. The van der Waals surface area contributed by atoms with E-state index in [0.29, 0.717) is 22.7 Å². The molecule has 1 amide bonds. The minimum absolute atomic E-state index is 0.0537. The van der Waals surface area contributed by atoms with E-state index in [2.05, 4.69) is 9.97 Å². The van der Waals surface area contributed by atoms with Crippen LogP contribution in [-0.4, -0.2) is 25.1 Å². The van der Waals surface area contributed by atoms with Crippen molar-refractivity contribution in [3.05, 3.63) is 91.3 Å². The fourth-order valence-electron chi connectivity index (χ4n) is 3.12. The summed E-state index contributed by atoms with van der Waals surface area (Å²) in [6, 6.07) is 6.80. The van der Waals surface area contributed by atoms with Crippen LogP contribution in [0.15, 0.2) is 52.3 Å². The third kappa shape index (κ3) is 3.97. The molecule has 0 spiro atoms. The van der Waals surface area contributed by atoms with Crippen LogP contribution < -0.4 is 21.7 Å². The summed E-state index contributed by atoms with van der Waals surface area (Å²) < 4.78 is 34.0. The first-order chi connectivity index (χ1) is 15.2. The third-order valence-electron chi connectivity index (χ3n) is 4.65. The molecule has 0 aliphatic rings. The molecule has 9 nitrogen and oxygen atoms in total. The molecule has 3 N–H and O–H groups in total. The van der Waals surface area contributed by atoms with Crippen molar-refractivity contribution in [3.63, 3.8) is 0 Å². The Labute approximate surface area is 182 Å². The second-order valence-electron chi connectivity index (χ2n) is 6.78. The highest BCUT2D eigenvalue weighted by atomic mass is 35.5. The van der Waals surface area contributed by atoms with Gasteiger partial charge in [0.25, 0.3) is 5.56 Å². The standard InChI is InChI=1S/C20H14ClF2N5O4/c21-16-17(32-8-11-2-3-12(22)6-13(11)23)25-9-27(18(16)29)7-10-1-4-15-14(5-10)26-20(31)28(15)19(24)30/h1-6,9H,7-8H2,(H2,24,30)(H,26,31). The van der Waals surface area contributed by atoms with Crippen molar-refractivity contribution in [2.24, 2.45) is 5.73 Å². The molecule has 0 saturated heterocycles. The maximum atomic E-state index is 13.7. The van der Waals surface area contributed by atoms with E-state index in [1.54, 1.807) is 12.1 Å². The minimum atomic E-state index is -0.919. The normalized spacial score (nSPS) is 11.1. The summed E-state index contributed by atoms with van der Waals surface area (Å²) in [7, 11) is 0. The zero-order valence-electron chi connectivity index (χ0n) is 16.1. The van der Waals surface area contributed by atoms with Gasteiger partial charge in [0.2, 0.25) is 5.88 Å². The highest BCUT2D eigenvalue weighted by molar-refractivity contribution is 6.31. The molecule has 0 unspecified atom stereocenters. The van der Waals surface area contributed by atoms with Crippen molar-refractivity contribution >= 4 is 28.7 Å². The number of amides is 1. The van der Waals surface area contributed by atoms with E-state index >= 15 is 0 Å². The number of carbonyl (C=O) groups excluding carboxylic acids is 1. The molecule has 0 aliphatic heterocycles. The van der Waals surface area contributed by atoms with E-state index in [0.717, 1.165) is 10.6 Å². The van der Waals surface area contributed by atoms with Gasteiger partial charge in [-0.2, -0.15) is 0 Å². The molecule has 2 aromatic carbocycles. The average molecular weight is 462 g/mol. The maximum absolute atomic E-state index is 13.7. The summed E-state index contributed by atoms with van der Waals surface area (Å²) in [6.45, 7) is -0.249. The smallest absolute Gasteiger partial charge is 0.334 e. The van der Waals surface area contributed by atoms with Gasteiger partial charge in [0.15, 0.2) is 5.02 Å². The Morgan fingerprint density at radius 2 is 1.97 bits per heavy atom. The Bertz CT molecular complexity index is 1480. The SMILES string of the molecule is NC(=O)n1c(=O)[nH]c2cc(Cn3cnc(OCc4ccc(F)cc4F)c(Cl)c3=O)ccc21. The number of ether oxygens (including phenoxy) is 1. The van der Waals surface area contributed by atoms with Crippen LogP contribution in [0.5, 0.6) is 5.88 Å². The zero-order chi connectivity index (χ0) is 23.0. The van der Waals surface area contributed by atoms with Gasteiger partial charge in [-0.1, -0.05) is 17.7 Å². The van der Waals surface area contributed by atoms with Crippen LogP contribution in [0.2, 0.25) is 5.02 Å². The molecule has 2 heterocycles. The second-order valence-corrected chi connectivity index (χ2v) is 7.15. The van der Waals surface area contributed by atoms with Gasteiger partial charge in [0.05, 0.1) is 17.6 Å². The fraction of sp³-hybridized carbons (Fsp3) is 0.100. The van der Waals surface area contributed by atoms with Crippen LogP contribution in [0.1, 0.15) is 11.1 Å². The van der Waals surface area contributed by atoms with Crippen molar-refractivity contribution in [1.82, 2.24) is 19.1 Å². The number of rotatable bonds is 5. The number of aromatic nitrogens is 4. The first kappa shape index (κ1) is 21.2. The Hall–Kier alpha value is -3.99. The number of aromatic amines is 1. The van der Waals surface area contributed by atoms with Crippen molar-refractivity contribution in [2.45, 2.75) is 13.2 Å². The topological polar surface area (TPSA) is 125 Å². The lowest BCUT2D eigenvalue weighted by Gasteiger charge is -2.10. The minimum Gasteiger partial charge on any atom is -0.471 e. The summed E-state index contributed by atoms with van der Waals surface area (Å²) in [5.41, 5.74) is 5.25. The molecule has 0 saturated carbocycles. The fourth-order valence-corrected chi connectivity index (χ4v) is 3.33. The highest BCUT2D eigenvalue weighted by Crippen LogP contribution is 2.20. The monoisotopic (exact) mass is 461 g/mol. The largest absolute Gasteiger partial charge is 0.471 e. The van der Waals surface area contributed by atoms with Crippen LogP contribution >= 0.6 is 11.6 Å². The molecule has 164 valence electrons. The summed E-state index contributed by atoms with van der Waals surface area (Å²) in [4.78, 5) is 42.4. The van der Waals surface area contributed by atoms with E-state index in [-0.39, 0.29) is 29.6 Å². The van der Waals surface area contributed by atoms with Gasteiger partial charge < -0.3 is 15.5 Å². The molecule has 4 aromatic rings. The Kier molecular flexibility index (Phi) is 5.49. The molecule has 0 radical (unpaired) electrons. The van der Waals surface area contributed by atoms with Crippen LogP contribution in [0.4, 0.5) is 13.6 Å². The molecular formula is C20H14ClF2N5O4. The molecule has 2 aromatic heterocycles. The molecule has 0 fully saturated rings. The predicted molar refractivity (Wildman–Crippen MR) is 111 cm³/mol. The number of imidazole rings is 1. The van der Waals surface area contributed by atoms with Gasteiger partial charge in [-0.05, 0) is 29.8 Å². The van der Waals surface area contributed by atoms with Gasteiger partial charge in [0.1, 0.15) is 24.6 Å². The van der Waals surface area contributed by atoms with Gasteiger partial charge in [-0.15, -0.1) is 0 Å². The molecular weight excluding hydrogens is 448 g/mol. The number of halogens is 3. The molecule has 0 atom stereocenters. The van der Waals surface area contributed by atoms with Crippen molar-refractivity contribution in [1.29, 1.82) is 0 Å². The number of carbonyl (C=O) groups is 1. The molecule has 0 bridgehead atoms. The van der Waals surface area contributed by atoms with Gasteiger partial charge in [-0.25, -0.2) is 27.9 Å². The van der Waals surface area contributed by atoms with Gasteiger partial charge in [-0.3, -0.25) is 9.36 Å². The second kappa shape index (κ2) is 8.27. The first-order valence-corrected chi connectivity index (χ1v) is 9.47. The summed E-state index contributed by atoms with van der Waals surface area (Å²) in [5.74, 6) is -1.72. The summed E-state index contributed by atoms with van der Waals surface area (Å²) >= 11 is 6.07. The van der Waals surface area contributed by atoms with Crippen LogP contribution in [0.3, 0.4) is 0 Å². The number of fused-ring (bicyclic) bond motifs is 1. The van der Waals surface area contributed by atoms with E-state index in [1.165, 1.54) is 23.0 Å². The number of benzene rings is 2. The van der Waals surface area contributed by atoms with E-state index < -0.39 is 28.9 Å². The molecule has 0 aliphatic carbocycles. The van der Waals surface area contributed by atoms with E-state index in [1.807, 2.05) is 0 Å². The maximum Gasteiger partial charge on any atom is 0.334 e. The van der Waals surface area contributed by atoms with E-state index in [4.69, 9.17) is 22.1 Å². The van der Waals surface area contributed by atoms with Crippen molar-refractivity contribution in [2.75, 3.05) is 0 Å². The van der Waals surface area contributed by atoms with Crippen LogP contribution in [0.25, 0.3) is 11.0 Å². The summed E-state index contributed by atoms with van der Waals surface area (Å²) in [5, 5.41) is -0.315. The quantitative estimate of drug-likeness (QED) is 0.472. The molecule has 4 rings (SSSR count). The Balaban J connectivity index is 1.56. The number of hydrogen-bond donors (Lipinski definition) is 2. The molecule has 32 heavy (non-hydrogen) atoms. The van der Waals surface area contributed by atoms with Gasteiger partial charge in [0, 0.05) is 11.6 Å². The summed E-state index contributed by atoms with van der Waals surface area (Å²) in [6.07, 6.45) is 1.20. The number of nitrogens with one attached hydrogen (secondary N) is 1. The van der Waals surface area contributed by atoms with Crippen molar-refractivity contribution in [3.8, 4) is 5.88 Å². The van der Waals surface area contributed by atoms with Crippen LogP contribution in [-0.2, 0) is 13.2 Å². The number of hydrogen-bond acceptors (Lipinski definition) is 5. The number of nitrogens with two attached hydrogens (primary N) is 1. The third-order valence-corrected chi connectivity index (χ3v) is 4.97. The number of primary amides is 1. The number of H-pyrrole nitrogens is 1. The number of nitrogens with zero attached hydrogens (tertiary/aromatic N) is 3. The van der Waals surface area contributed by atoms with Crippen molar-refractivity contribution < 1.29 is 18.3 Å². The van der Waals surface area contributed by atoms with Crippen LogP contribution in [0, 0.1) is 11.6 Å². The first-order valence-electron chi connectivity index (χ1n) is 9.09. The lowest BCUT2D eigenvalue weighted by Crippen LogP contribution is -2.29. The Morgan fingerprint density at radius 1 is 1.19 bits per heavy atom. The predicted octanol–water partition coefficient (Wildman–Crippen LogP) is 2.37. The van der Waals surface area contributed by atoms with E-state index in [9.17, 15) is 23.2 Å². The average Bonchev–Trinajstić information content (AvgIpc) is 3.07. The lowest BCUT2D eigenvalue weighted by atomic mass is 10.2. The Morgan fingerprint density at radius 3 is 2.69 bits per heavy atom. The van der Waals surface area contributed by atoms with Gasteiger partial charge >= 0.3 is 11.7 Å². The lowest BCUT2D eigenvalue weighted by molar-refractivity contribution is 0.250.